The van der Waals surface area contributed by atoms with Crippen LogP contribution >= 0.6 is 15.9 Å². The van der Waals surface area contributed by atoms with Crippen molar-refractivity contribution in [1.82, 2.24) is 19.9 Å². The van der Waals surface area contributed by atoms with Crippen molar-refractivity contribution >= 4 is 38.7 Å². The molecule has 28 heavy (non-hydrogen) atoms. The van der Waals surface area contributed by atoms with E-state index in [9.17, 15) is 4.79 Å². The second-order valence-corrected chi connectivity index (χ2v) is 7.03. The Morgan fingerprint density at radius 1 is 1.14 bits per heavy atom. The molecule has 0 aliphatic rings. The normalized spacial score (nSPS) is 10.8. The summed E-state index contributed by atoms with van der Waals surface area (Å²) in [7, 11) is 1.60. The number of nitrogens with one attached hydrogen (secondary N) is 2. The van der Waals surface area contributed by atoms with Gasteiger partial charge in [-0.25, -0.2) is 4.98 Å². The van der Waals surface area contributed by atoms with Crippen LogP contribution in [0.1, 0.15) is 6.92 Å². The average Bonchev–Trinajstić information content (AvgIpc) is 3.06. The van der Waals surface area contributed by atoms with Crippen molar-refractivity contribution in [3.8, 4) is 28.3 Å². The molecule has 0 aliphatic carbocycles. The van der Waals surface area contributed by atoms with Crippen molar-refractivity contribution in [3.05, 3.63) is 53.4 Å². The van der Waals surface area contributed by atoms with Crippen LogP contribution in [0.3, 0.4) is 0 Å². The summed E-state index contributed by atoms with van der Waals surface area (Å²) in [5.41, 5.74) is 5.00. The summed E-state index contributed by atoms with van der Waals surface area (Å²) >= 11 is 3.46. The lowest BCUT2D eigenvalue weighted by molar-refractivity contribution is -0.114. The number of carbonyl (C=O) groups excluding carboxylic acids is 1. The number of methoxy groups -OCH3 is 1. The predicted molar refractivity (Wildman–Crippen MR) is 111 cm³/mol. The number of hydrogen-bond acceptors (Lipinski definition) is 5. The highest BCUT2D eigenvalue weighted by atomic mass is 79.9. The second-order valence-electron chi connectivity index (χ2n) is 6.12. The number of aromatic amines is 1. The number of carbonyl (C=O) groups is 1. The molecule has 140 valence electrons. The second kappa shape index (κ2) is 7.40. The van der Waals surface area contributed by atoms with Gasteiger partial charge in [0.05, 0.1) is 41.3 Å². The predicted octanol–water partition coefficient (Wildman–Crippen LogP) is 4.42. The van der Waals surface area contributed by atoms with E-state index >= 15 is 0 Å². The monoisotopic (exact) mass is 437 g/mol. The zero-order valence-electron chi connectivity index (χ0n) is 15.2. The smallest absolute Gasteiger partial charge is 0.222 e. The molecule has 0 bridgehead atoms. The van der Waals surface area contributed by atoms with E-state index in [1.165, 1.54) is 6.92 Å². The molecule has 0 fully saturated rings. The first kappa shape index (κ1) is 18.1. The first-order chi connectivity index (χ1) is 13.5. The SMILES string of the molecule is COc1ccc(-c2c(-c3ccnc(NC(C)=O)c3)[nH]c3cc(Br)cnc23)nc1. The maximum Gasteiger partial charge on any atom is 0.222 e. The number of halogens is 1. The van der Waals surface area contributed by atoms with Crippen molar-refractivity contribution in [2.45, 2.75) is 6.92 Å². The number of hydrogen-bond donors (Lipinski definition) is 2. The summed E-state index contributed by atoms with van der Waals surface area (Å²) in [5, 5.41) is 2.71. The standard InChI is InChI=1S/C20H16BrN5O2/c1-11(27)25-17-7-12(5-6-22-17)19-18(15-4-3-14(28-2)10-23-15)20-16(26-19)8-13(21)9-24-20/h3-10,26H,1-2H3,(H,22,25,27). The zero-order valence-corrected chi connectivity index (χ0v) is 16.7. The summed E-state index contributed by atoms with van der Waals surface area (Å²) in [5.74, 6) is 0.980. The van der Waals surface area contributed by atoms with E-state index in [4.69, 9.17) is 4.74 Å². The largest absolute Gasteiger partial charge is 0.495 e. The molecule has 0 unspecified atom stereocenters. The lowest BCUT2D eigenvalue weighted by Crippen LogP contribution is -2.07. The van der Waals surface area contributed by atoms with Crippen LogP contribution in [-0.4, -0.2) is 33.0 Å². The lowest BCUT2D eigenvalue weighted by Gasteiger charge is -2.07. The molecule has 7 nitrogen and oxygen atoms in total. The molecule has 0 saturated heterocycles. The Morgan fingerprint density at radius 3 is 2.71 bits per heavy atom. The Hall–Kier alpha value is -3.26. The van der Waals surface area contributed by atoms with E-state index in [0.717, 1.165) is 38.0 Å². The van der Waals surface area contributed by atoms with Crippen LogP contribution in [0.5, 0.6) is 5.75 Å². The molecular formula is C20H16BrN5O2. The number of anilines is 1. The number of ether oxygens (including phenoxy) is 1. The van der Waals surface area contributed by atoms with Gasteiger partial charge < -0.3 is 15.0 Å². The van der Waals surface area contributed by atoms with Crippen LogP contribution in [0.4, 0.5) is 5.82 Å². The van der Waals surface area contributed by atoms with Gasteiger partial charge in [-0.15, -0.1) is 0 Å². The molecule has 4 heterocycles. The molecule has 0 aliphatic heterocycles. The van der Waals surface area contributed by atoms with Crippen LogP contribution in [0.15, 0.2) is 53.4 Å². The van der Waals surface area contributed by atoms with Crippen molar-refractivity contribution in [2.75, 3.05) is 12.4 Å². The van der Waals surface area contributed by atoms with Gasteiger partial charge in [0.15, 0.2) is 0 Å². The number of H-pyrrole nitrogens is 1. The molecule has 0 radical (unpaired) electrons. The van der Waals surface area contributed by atoms with Gasteiger partial charge in [0, 0.05) is 29.4 Å². The van der Waals surface area contributed by atoms with Gasteiger partial charge in [-0.05, 0) is 46.3 Å². The number of amides is 1. The summed E-state index contributed by atoms with van der Waals surface area (Å²) in [6.45, 7) is 1.45. The van der Waals surface area contributed by atoms with E-state index in [1.54, 1.807) is 25.7 Å². The van der Waals surface area contributed by atoms with E-state index in [-0.39, 0.29) is 5.91 Å². The van der Waals surface area contributed by atoms with Gasteiger partial charge in [0.1, 0.15) is 11.6 Å². The van der Waals surface area contributed by atoms with Crippen LogP contribution < -0.4 is 10.1 Å². The molecular weight excluding hydrogens is 422 g/mol. The van der Waals surface area contributed by atoms with Crippen molar-refractivity contribution in [2.24, 2.45) is 0 Å². The number of aromatic nitrogens is 4. The van der Waals surface area contributed by atoms with E-state index in [0.29, 0.717) is 11.6 Å². The first-order valence-corrected chi connectivity index (χ1v) is 9.26. The minimum Gasteiger partial charge on any atom is -0.495 e. The maximum absolute atomic E-state index is 11.4. The molecule has 4 aromatic heterocycles. The first-order valence-electron chi connectivity index (χ1n) is 8.47. The number of pyridine rings is 3. The third-order valence-corrected chi connectivity index (χ3v) is 4.62. The average molecular weight is 438 g/mol. The van der Waals surface area contributed by atoms with E-state index in [2.05, 4.69) is 41.2 Å². The summed E-state index contributed by atoms with van der Waals surface area (Å²) < 4.78 is 6.09. The molecule has 1 amide bonds. The molecule has 2 N–H and O–H groups in total. The van der Waals surface area contributed by atoms with Crippen molar-refractivity contribution in [1.29, 1.82) is 0 Å². The quantitative estimate of drug-likeness (QED) is 0.492. The van der Waals surface area contributed by atoms with Crippen LogP contribution in [0, 0.1) is 0 Å². The Balaban J connectivity index is 1.93. The molecule has 0 atom stereocenters. The Bertz CT molecular complexity index is 1170. The Labute approximate surface area is 169 Å². The van der Waals surface area contributed by atoms with Crippen molar-refractivity contribution in [3.63, 3.8) is 0 Å². The molecule has 8 heteroatoms. The van der Waals surface area contributed by atoms with E-state index < -0.39 is 0 Å². The van der Waals surface area contributed by atoms with E-state index in [1.807, 2.05) is 30.3 Å². The minimum atomic E-state index is -0.177. The minimum absolute atomic E-state index is 0.177. The lowest BCUT2D eigenvalue weighted by atomic mass is 10.0. The molecule has 4 aromatic rings. The summed E-state index contributed by atoms with van der Waals surface area (Å²) in [6, 6.07) is 9.41. The van der Waals surface area contributed by atoms with Gasteiger partial charge in [-0.3, -0.25) is 14.8 Å². The highest BCUT2D eigenvalue weighted by Crippen LogP contribution is 2.37. The molecule has 0 aromatic carbocycles. The highest BCUT2D eigenvalue weighted by molar-refractivity contribution is 9.10. The van der Waals surface area contributed by atoms with Crippen molar-refractivity contribution < 1.29 is 9.53 Å². The number of nitrogens with zero attached hydrogens (tertiary/aromatic N) is 3. The van der Waals surface area contributed by atoms with Gasteiger partial charge in [0.25, 0.3) is 0 Å². The third-order valence-electron chi connectivity index (χ3n) is 4.18. The Morgan fingerprint density at radius 2 is 2.00 bits per heavy atom. The van der Waals surface area contributed by atoms with Gasteiger partial charge in [-0.1, -0.05) is 0 Å². The molecule has 0 spiro atoms. The number of fused-ring (bicyclic) bond motifs is 1. The fourth-order valence-electron chi connectivity index (χ4n) is 3.00. The van der Waals surface area contributed by atoms with Crippen LogP contribution in [0.25, 0.3) is 33.5 Å². The summed E-state index contributed by atoms with van der Waals surface area (Å²) in [6.07, 6.45) is 5.08. The maximum atomic E-state index is 11.4. The van der Waals surface area contributed by atoms with Gasteiger partial charge in [-0.2, -0.15) is 0 Å². The van der Waals surface area contributed by atoms with Gasteiger partial charge in [0.2, 0.25) is 5.91 Å². The molecule has 4 rings (SSSR count). The topological polar surface area (TPSA) is 92.8 Å². The number of rotatable bonds is 4. The third kappa shape index (κ3) is 3.46. The highest BCUT2D eigenvalue weighted by Gasteiger charge is 2.18. The fraction of sp³-hybridized carbons (Fsp3) is 0.100. The van der Waals surface area contributed by atoms with Gasteiger partial charge >= 0.3 is 0 Å². The van der Waals surface area contributed by atoms with Crippen LogP contribution in [-0.2, 0) is 4.79 Å². The van der Waals surface area contributed by atoms with Crippen LogP contribution in [0.2, 0.25) is 0 Å². The molecule has 0 saturated carbocycles. The Kier molecular flexibility index (Phi) is 4.79. The zero-order chi connectivity index (χ0) is 19.7. The fourth-order valence-corrected chi connectivity index (χ4v) is 3.33. The summed E-state index contributed by atoms with van der Waals surface area (Å²) in [4.78, 5) is 28.1.